The quantitative estimate of drug-likeness (QED) is 0.769. The molecule has 1 aromatic carbocycles. The van der Waals surface area contributed by atoms with Crippen LogP contribution in [0.4, 0.5) is 0 Å². The van der Waals surface area contributed by atoms with Crippen LogP contribution in [0.1, 0.15) is 37.6 Å². The predicted molar refractivity (Wildman–Crippen MR) is 102 cm³/mol. The van der Waals surface area contributed by atoms with Crippen molar-refractivity contribution < 1.29 is 14.3 Å². The fraction of sp³-hybridized carbons (Fsp3) is 0.600. The Bertz CT molecular complexity index is 578. The third-order valence-electron chi connectivity index (χ3n) is 4.47. The largest absolute Gasteiger partial charge is 0.494 e. The van der Waals surface area contributed by atoms with E-state index in [9.17, 15) is 9.59 Å². The van der Waals surface area contributed by atoms with E-state index in [1.54, 1.807) is 0 Å². The third-order valence-corrected chi connectivity index (χ3v) is 4.47. The molecule has 6 heteroatoms. The summed E-state index contributed by atoms with van der Waals surface area (Å²) in [5, 5.41) is 2.81. The molecule has 26 heavy (non-hydrogen) atoms. The van der Waals surface area contributed by atoms with Gasteiger partial charge in [-0.3, -0.25) is 14.5 Å². The number of hydrogen-bond acceptors (Lipinski definition) is 4. The minimum absolute atomic E-state index is 0.0383. The summed E-state index contributed by atoms with van der Waals surface area (Å²) in [7, 11) is 0. The van der Waals surface area contributed by atoms with Gasteiger partial charge in [0.1, 0.15) is 5.75 Å². The Labute approximate surface area is 156 Å². The molecule has 1 saturated heterocycles. The minimum Gasteiger partial charge on any atom is -0.494 e. The first-order valence-corrected chi connectivity index (χ1v) is 9.50. The second-order valence-corrected chi connectivity index (χ2v) is 7.08. The fourth-order valence-electron chi connectivity index (χ4n) is 2.85. The zero-order valence-electron chi connectivity index (χ0n) is 16.2. The van der Waals surface area contributed by atoms with Gasteiger partial charge in [0, 0.05) is 38.3 Å². The molecule has 0 bridgehead atoms. The van der Waals surface area contributed by atoms with Crippen molar-refractivity contribution in [3.05, 3.63) is 29.8 Å². The van der Waals surface area contributed by atoms with Gasteiger partial charge in [0.25, 0.3) is 5.91 Å². The van der Waals surface area contributed by atoms with Gasteiger partial charge in [-0.1, -0.05) is 13.8 Å². The van der Waals surface area contributed by atoms with E-state index >= 15 is 0 Å². The lowest BCUT2D eigenvalue weighted by molar-refractivity contribution is -0.122. The first-order chi connectivity index (χ1) is 12.5. The second kappa shape index (κ2) is 10.2. The van der Waals surface area contributed by atoms with E-state index in [0.29, 0.717) is 44.3 Å². The molecule has 0 unspecified atom stereocenters. The smallest absolute Gasteiger partial charge is 0.253 e. The lowest BCUT2D eigenvalue weighted by atomic mass is 10.1. The third kappa shape index (κ3) is 6.33. The van der Waals surface area contributed by atoms with Gasteiger partial charge in [0.15, 0.2) is 0 Å². The van der Waals surface area contributed by atoms with Crippen LogP contribution in [0.5, 0.6) is 5.75 Å². The number of nitrogens with one attached hydrogen (secondary N) is 1. The van der Waals surface area contributed by atoms with Crippen molar-refractivity contribution in [1.82, 2.24) is 15.1 Å². The maximum Gasteiger partial charge on any atom is 0.253 e. The van der Waals surface area contributed by atoms with Crippen molar-refractivity contribution in [2.75, 3.05) is 45.9 Å². The van der Waals surface area contributed by atoms with Crippen molar-refractivity contribution >= 4 is 11.8 Å². The predicted octanol–water partition coefficient (Wildman–Crippen LogP) is 2.01. The highest BCUT2D eigenvalue weighted by Crippen LogP contribution is 2.15. The standard InChI is InChI=1S/C20H31N3O3/c1-4-21-19(24)15-22-10-12-23(13-11-22)20(25)17-5-7-18(8-6-17)26-14-9-16(2)3/h5-8,16H,4,9-15H2,1-3H3,(H,21,24). The van der Waals surface area contributed by atoms with Crippen LogP contribution in [-0.4, -0.2) is 67.5 Å². The molecule has 0 aromatic heterocycles. The van der Waals surface area contributed by atoms with Gasteiger partial charge in [-0.2, -0.15) is 0 Å². The lowest BCUT2D eigenvalue weighted by Crippen LogP contribution is -2.51. The number of rotatable bonds is 8. The Morgan fingerprint density at radius 1 is 1.12 bits per heavy atom. The maximum absolute atomic E-state index is 12.6. The Hall–Kier alpha value is -2.08. The van der Waals surface area contributed by atoms with Crippen molar-refractivity contribution in [3.63, 3.8) is 0 Å². The molecule has 2 amide bonds. The topological polar surface area (TPSA) is 61.9 Å². The van der Waals surface area contributed by atoms with E-state index in [2.05, 4.69) is 24.1 Å². The molecule has 1 heterocycles. The van der Waals surface area contributed by atoms with E-state index in [-0.39, 0.29) is 11.8 Å². The van der Waals surface area contributed by atoms with Gasteiger partial charge in [0.2, 0.25) is 5.91 Å². The number of benzene rings is 1. The average molecular weight is 361 g/mol. The molecule has 144 valence electrons. The molecular formula is C20H31N3O3. The van der Waals surface area contributed by atoms with E-state index in [4.69, 9.17) is 4.74 Å². The highest BCUT2D eigenvalue weighted by molar-refractivity contribution is 5.94. The van der Waals surface area contributed by atoms with Crippen LogP contribution in [0.3, 0.4) is 0 Å². The van der Waals surface area contributed by atoms with E-state index in [1.165, 1.54) is 0 Å². The van der Waals surface area contributed by atoms with Crippen LogP contribution in [0, 0.1) is 5.92 Å². The van der Waals surface area contributed by atoms with E-state index in [1.807, 2.05) is 36.1 Å². The number of hydrogen-bond donors (Lipinski definition) is 1. The number of carbonyl (C=O) groups excluding carboxylic acids is 2. The average Bonchev–Trinajstić information content (AvgIpc) is 2.62. The van der Waals surface area contributed by atoms with Crippen molar-refractivity contribution in [3.8, 4) is 5.75 Å². The molecule has 0 spiro atoms. The summed E-state index contributed by atoms with van der Waals surface area (Å²) in [6.07, 6.45) is 1.02. The molecule has 2 rings (SSSR count). The van der Waals surface area contributed by atoms with Crippen LogP contribution < -0.4 is 10.1 Å². The summed E-state index contributed by atoms with van der Waals surface area (Å²) in [5.41, 5.74) is 0.679. The van der Waals surface area contributed by atoms with Crippen molar-refractivity contribution in [1.29, 1.82) is 0 Å². The number of amides is 2. The molecule has 6 nitrogen and oxygen atoms in total. The summed E-state index contributed by atoms with van der Waals surface area (Å²) in [6.45, 7) is 10.7. The van der Waals surface area contributed by atoms with Gasteiger partial charge < -0.3 is 15.0 Å². The fourth-order valence-corrected chi connectivity index (χ4v) is 2.85. The molecule has 1 aromatic rings. The van der Waals surface area contributed by atoms with Gasteiger partial charge in [-0.25, -0.2) is 0 Å². The Balaban J connectivity index is 1.79. The van der Waals surface area contributed by atoms with E-state index < -0.39 is 0 Å². The minimum atomic E-state index is 0.0383. The molecule has 0 saturated carbocycles. The van der Waals surface area contributed by atoms with Crippen molar-refractivity contribution in [2.24, 2.45) is 5.92 Å². The Morgan fingerprint density at radius 2 is 1.77 bits per heavy atom. The zero-order chi connectivity index (χ0) is 18.9. The van der Waals surface area contributed by atoms with Crippen molar-refractivity contribution in [2.45, 2.75) is 27.2 Å². The summed E-state index contributed by atoms with van der Waals surface area (Å²) >= 11 is 0. The normalized spacial score (nSPS) is 15.2. The number of likely N-dealkylation sites (N-methyl/N-ethyl adjacent to an activating group) is 1. The highest BCUT2D eigenvalue weighted by Gasteiger charge is 2.23. The van der Waals surface area contributed by atoms with Crippen LogP contribution in [0.25, 0.3) is 0 Å². The summed E-state index contributed by atoms with van der Waals surface area (Å²) in [6, 6.07) is 7.38. The first kappa shape index (κ1) is 20.2. The molecule has 1 aliphatic rings. The molecule has 0 aliphatic carbocycles. The number of piperazine rings is 1. The van der Waals surface area contributed by atoms with Crippen LogP contribution in [0.15, 0.2) is 24.3 Å². The Morgan fingerprint density at radius 3 is 2.35 bits per heavy atom. The first-order valence-electron chi connectivity index (χ1n) is 9.50. The number of ether oxygens (including phenoxy) is 1. The molecule has 1 fully saturated rings. The second-order valence-electron chi connectivity index (χ2n) is 7.08. The molecule has 0 atom stereocenters. The van der Waals surface area contributed by atoms with Crippen LogP contribution >= 0.6 is 0 Å². The van der Waals surface area contributed by atoms with Gasteiger partial charge in [0.05, 0.1) is 13.2 Å². The zero-order valence-corrected chi connectivity index (χ0v) is 16.2. The molecule has 1 aliphatic heterocycles. The Kier molecular flexibility index (Phi) is 7.91. The SMILES string of the molecule is CCNC(=O)CN1CCN(C(=O)c2ccc(OCCC(C)C)cc2)CC1. The summed E-state index contributed by atoms with van der Waals surface area (Å²) in [4.78, 5) is 28.2. The summed E-state index contributed by atoms with van der Waals surface area (Å²) < 4.78 is 5.70. The number of carbonyl (C=O) groups is 2. The van der Waals surface area contributed by atoms with Gasteiger partial charge in [-0.15, -0.1) is 0 Å². The monoisotopic (exact) mass is 361 g/mol. The van der Waals surface area contributed by atoms with Crippen LogP contribution in [0.2, 0.25) is 0 Å². The lowest BCUT2D eigenvalue weighted by Gasteiger charge is -2.34. The maximum atomic E-state index is 12.6. The van der Waals surface area contributed by atoms with Gasteiger partial charge in [-0.05, 0) is 43.5 Å². The van der Waals surface area contributed by atoms with Crippen LogP contribution in [-0.2, 0) is 4.79 Å². The number of nitrogens with zero attached hydrogens (tertiary/aromatic N) is 2. The summed E-state index contributed by atoms with van der Waals surface area (Å²) in [5.74, 6) is 1.49. The highest BCUT2D eigenvalue weighted by atomic mass is 16.5. The molecule has 1 N–H and O–H groups in total. The molecule has 0 radical (unpaired) electrons. The van der Waals surface area contributed by atoms with Gasteiger partial charge >= 0.3 is 0 Å². The van der Waals surface area contributed by atoms with E-state index in [0.717, 1.165) is 25.3 Å². The molecular weight excluding hydrogens is 330 g/mol.